The Morgan fingerprint density at radius 3 is 2.22 bits per heavy atom. The first-order valence-electron chi connectivity index (χ1n) is 9.05. The summed E-state index contributed by atoms with van der Waals surface area (Å²) in [4.78, 5) is 40.9. The number of esters is 1. The van der Waals surface area contributed by atoms with Crippen molar-refractivity contribution < 1.29 is 19.1 Å². The van der Waals surface area contributed by atoms with Gasteiger partial charge in [-0.05, 0) is 23.8 Å². The maximum Gasteiger partial charge on any atom is 0.339 e. The molecule has 27 heavy (non-hydrogen) atoms. The fourth-order valence-corrected chi connectivity index (χ4v) is 3.57. The molecule has 0 aliphatic carbocycles. The number of nitrogens with zero attached hydrogens (tertiary/aromatic N) is 2. The van der Waals surface area contributed by atoms with Crippen molar-refractivity contribution in [1.82, 2.24) is 9.80 Å². The zero-order chi connectivity index (χ0) is 18.8. The smallest absolute Gasteiger partial charge is 0.339 e. The van der Waals surface area contributed by atoms with Gasteiger partial charge in [0.05, 0.1) is 5.56 Å². The summed E-state index contributed by atoms with van der Waals surface area (Å²) in [5, 5.41) is 0. The number of hydrogen-bond acceptors (Lipinski definition) is 4. The lowest BCUT2D eigenvalue weighted by Gasteiger charge is -2.37. The largest absolute Gasteiger partial charge is 0.448 e. The van der Waals surface area contributed by atoms with Crippen LogP contribution in [0.15, 0.2) is 54.6 Å². The Morgan fingerprint density at radius 2 is 1.48 bits per heavy atom. The minimum atomic E-state index is -0.788. The monoisotopic (exact) mass is 364 g/mol. The average Bonchev–Trinajstić information content (AvgIpc) is 2.73. The molecule has 2 aromatic carbocycles. The second kappa shape index (κ2) is 7.23. The predicted molar refractivity (Wildman–Crippen MR) is 98.3 cm³/mol. The molecule has 6 nitrogen and oxygen atoms in total. The molecule has 2 aliphatic heterocycles. The van der Waals surface area contributed by atoms with Crippen molar-refractivity contribution >= 4 is 17.8 Å². The molecule has 4 rings (SSSR count). The fraction of sp³-hybridized carbons (Fsp3) is 0.286. The number of ether oxygens (including phenoxy) is 1. The molecule has 0 bridgehead atoms. The van der Waals surface area contributed by atoms with Crippen LogP contribution in [0.5, 0.6) is 0 Å². The van der Waals surface area contributed by atoms with Crippen LogP contribution in [-0.2, 0) is 16.0 Å². The Hall–Kier alpha value is -3.15. The number of hydrogen-bond donors (Lipinski definition) is 0. The molecule has 2 heterocycles. The molecule has 0 saturated carbocycles. The minimum absolute atomic E-state index is 0.0271. The van der Waals surface area contributed by atoms with Gasteiger partial charge in [-0.25, -0.2) is 4.79 Å². The van der Waals surface area contributed by atoms with Gasteiger partial charge in [-0.3, -0.25) is 9.59 Å². The van der Waals surface area contributed by atoms with E-state index in [-0.39, 0.29) is 11.8 Å². The summed E-state index contributed by atoms with van der Waals surface area (Å²) in [5.41, 5.74) is 2.01. The third-order valence-corrected chi connectivity index (χ3v) is 5.07. The first kappa shape index (κ1) is 17.3. The average molecular weight is 364 g/mol. The second-order valence-electron chi connectivity index (χ2n) is 6.74. The van der Waals surface area contributed by atoms with Gasteiger partial charge >= 0.3 is 5.97 Å². The molecule has 1 saturated heterocycles. The van der Waals surface area contributed by atoms with Crippen molar-refractivity contribution in [3.05, 3.63) is 71.3 Å². The summed E-state index contributed by atoms with van der Waals surface area (Å²) in [6.07, 6.45) is -0.395. The Balaban J connectivity index is 1.38. The Bertz CT molecular complexity index is 873. The quantitative estimate of drug-likeness (QED) is 0.762. The van der Waals surface area contributed by atoms with Gasteiger partial charge < -0.3 is 14.5 Å². The maximum atomic E-state index is 12.8. The van der Waals surface area contributed by atoms with E-state index in [0.29, 0.717) is 43.7 Å². The molecule has 0 radical (unpaired) electrons. The van der Waals surface area contributed by atoms with Crippen molar-refractivity contribution in [2.24, 2.45) is 0 Å². The van der Waals surface area contributed by atoms with Crippen LogP contribution in [0.4, 0.5) is 0 Å². The molecule has 0 spiro atoms. The van der Waals surface area contributed by atoms with Crippen LogP contribution < -0.4 is 0 Å². The molecule has 2 amide bonds. The van der Waals surface area contributed by atoms with E-state index >= 15 is 0 Å². The summed E-state index contributed by atoms with van der Waals surface area (Å²) >= 11 is 0. The van der Waals surface area contributed by atoms with Gasteiger partial charge in [0.25, 0.3) is 11.8 Å². The molecule has 6 heteroatoms. The normalized spacial score (nSPS) is 19.3. The van der Waals surface area contributed by atoms with Crippen LogP contribution in [0.25, 0.3) is 0 Å². The van der Waals surface area contributed by atoms with Crippen LogP contribution in [0.3, 0.4) is 0 Å². The molecule has 2 aromatic rings. The predicted octanol–water partition coefficient (Wildman–Crippen LogP) is 1.75. The molecule has 1 atom stereocenters. The van der Waals surface area contributed by atoms with E-state index < -0.39 is 12.1 Å². The van der Waals surface area contributed by atoms with E-state index in [1.165, 1.54) is 0 Å². The van der Waals surface area contributed by atoms with Crippen molar-refractivity contribution in [1.29, 1.82) is 0 Å². The highest BCUT2D eigenvalue weighted by Crippen LogP contribution is 2.22. The summed E-state index contributed by atoms with van der Waals surface area (Å²) in [7, 11) is 0. The van der Waals surface area contributed by atoms with Crippen molar-refractivity contribution in [3.63, 3.8) is 0 Å². The summed E-state index contributed by atoms with van der Waals surface area (Å²) in [6.45, 7) is 1.81. The van der Waals surface area contributed by atoms with Gasteiger partial charge in [0, 0.05) is 38.2 Å². The molecule has 1 fully saturated rings. The SMILES string of the molecule is O=C1OC(C(=O)N2CCN(C(=O)c3ccccc3)CC2)Cc2ccccc21. The Morgan fingerprint density at radius 1 is 0.852 bits per heavy atom. The molecule has 1 unspecified atom stereocenters. The van der Waals surface area contributed by atoms with Crippen molar-refractivity contribution in [2.75, 3.05) is 26.2 Å². The molecule has 2 aliphatic rings. The summed E-state index contributed by atoms with van der Waals surface area (Å²) in [6, 6.07) is 16.3. The van der Waals surface area contributed by atoms with Crippen LogP contribution in [-0.4, -0.2) is 59.9 Å². The number of benzene rings is 2. The van der Waals surface area contributed by atoms with E-state index in [2.05, 4.69) is 0 Å². The Kier molecular flexibility index (Phi) is 4.62. The molecule has 138 valence electrons. The number of fused-ring (bicyclic) bond motifs is 1. The van der Waals surface area contributed by atoms with Crippen LogP contribution in [0.2, 0.25) is 0 Å². The summed E-state index contributed by atoms with van der Waals surface area (Å²) < 4.78 is 5.36. The van der Waals surface area contributed by atoms with E-state index in [4.69, 9.17) is 4.74 Å². The lowest BCUT2D eigenvalue weighted by atomic mass is 9.98. The fourth-order valence-electron chi connectivity index (χ4n) is 3.57. The number of cyclic esters (lactones) is 1. The van der Waals surface area contributed by atoms with Crippen LogP contribution >= 0.6 is 0 Å². The molecule has 0 N–H and O–H groups in total. The van der Waals surface area contributed by atoms with Crippen LogP contribution in [0, 0.1) is 0 Å². The van der Waals surface area contributed by atoms with Gasteiger partial charge in [-0.2, -0.15) is 0 Å². The van der Waals surface area contributed by atoms with Gasteiger partial charge in [0.15, 0.2) is 6.10 Å². The van der Waals surface area contributed by atoms with E-state index in [0.717, 1.165) is 5.56 Å². The van der Waals surface area contributed by atoms with E-state index in [1.807, 2.05) is 30.3 Å². The Labute approximate surface area is 157 Å². The van der Waals surface area contributed by atoms with Gasteiger partial charge in [-0.1, -0.05) is 36.4 Å². The van der Waals surface area contributed by atoms with Gasteiger partial charge in [0.1, 0.15) is 0 Å². The van der Waals surface area contributed by atoms with Gasteiger partial charge in [0.2, 0.25) is 0 Å². The van der Waals surface area contributed by atoms with E-state index in [1.54, 1.807) is 34.1 Å². The number of amides is 2. The zero-order valence-corrected chi connectivity index (χ0v) is 14.8. The second-order valence-corrected chi connectivity index (χ2v) is 6.74. The number of carbonyl (C=O) groups excluding carboxylic acids is 3. The third-order valence-electron chi connectivity index (χ3n) is 5.07. The lowest BCUT2D eigenvalue weighted by Crippen LogP contribution is -2.54. The van der Waals surface area contributed by atoms with Crippen molar-refractivity contribution in [3.8, 4) is 0 Å². The van der Waals surface area contributed by atoms with Crippen molar-refractivity contribution in [2.45, 2.75) is 12.5 Å². The minimum Gasteiger partial charge on any atom is -0.448 e. The lowest BCUT2D eigenvalue weighted by molar-refractivity contribution is -0.142. The highest BCUT2D eigenvalue weighted by atomic mass is 16.5. The maximum absolute atomic E-state index is 12.8. The zero-order valence-electron chi connectivity index (χ0n) is 14.8. The molecule has 0 aromatic heterocycles. The first-order valence-corrected chi connectivity index (χ1v) is 9.05. The van der Waals surface area contributed by atoms with E-state index in [9.17, 15) is 14.4 Å². The standard InChI is InChI=1S/C21H20N2O4/c24-19(15-6-2-1-3-7-15)22-10-12-23(13-11-22)20(25)18-14-16-8-4-5-9-17(16)21(26)27-18/h1-9,18H,10-14H2. The molecular weight excluding hydrogens is 344 g/mol. The first-order chi connectivity index (χ1) is 13.1. The molecular formula is C21H20N2O4. The number of piperazine rings is 1. The number of carbonyl (C=O) groups is 3. The highest BCUT2D eigenvalue weighted by Gasteiger charge is 2.35. The highest BCUT2D eigenvalue weighted by molar-refractivity contribution is 5.96. The van der Waals surface area contributed by atoms with Gasteiger partial charge in [-0.15, -0.1) is 0 Å². The van der Waals surface area contributed by atoms with Crippen LogP contribution in [0.1, 0.15) is 26.3 Å². The number of rotatable bonds is 2. The summed E-state index contributed by atoms with van der Waals surface area (Å²) in [5.74, 6) is -0.668. The third kappa shape index (κ3) is 3.43. The topological polar surface area (TPSA) is 66.9 Å².